The Morgan fingerprint density at radius 3 is 2.05 bits per heavy atom. The van der Waals surface area contributed by atoms with Crippen LogP contribution in [0.2, 0.25) is 10.0 Å². The van der Waals surface area contributed by atoms with Crippen LogP contribution >= 0.6 is 23.2 Å². The molecule has 0 saturated heterocycles. The monoisotopic (exact) mass is 588 g/mol. The number of anilines is 2. The van der Waals surface area contributed by atoms with Gasteiger partial charge in [-0.2, -0.15) is 0 Å². The molecule has 2 heterocycles. The van der Waals surface area contributed by atoms with E-state index in [0.29, 0.717) is 52.3 Å². The van der Waals surface area contributed by atoms with Gasteiger partial charge >= 0.3 is 0 Å². The summed E-state index contributed by atoms with van der Waals surface area (Å²) in [5.41, 5.74) is 4.24. The normalized spacial score (nSPS) is 14.6. The van der Waals surface area contributed by atoms with E-state index in [1.54, 1.807) is 29.2 Å². The maximum absolute atomic E-state index is 13.1. The first-order valence-electron chi connectivity index (χ1n) is 13.7. The van der Waals surface area contributed by atoms with Gasteiger partial charge in [0.1, 0.15) is 6.10 Å². The summed E-state index contributed by atoms with van der Waals surface area (Å²) in [5.74, 6) is 0.0708. The number of benzene rings is 3. The number of hydrogen-bond donors (Lipinski definition) is 2. The van der Waals surface area contributed by atoms with Crippen molar-refractivity contribution in [2.45, 2.75) is 44.6 Å². The zero-order chi connectivity index (χ0) is 28.8. The van der Waals surface area contributed by atoms with Crippen LogP contribution in [-0.2, 0) is 16.0 Å². The molecule has 4 aromatic rings. The first-order valence-corrected chi connectivity index (χ1v) is 14.4. The Kier molecular flexibility index (Phi) is 9.29. The summed E-state index contributed by atoms with van der Waals surface area (Å²) < 4.78 is 0. The SMILES string of the molecule is O=C(CCCCCCN1C(=O)C(O)Cc2nc(-c3ccc(Cl)cc3)c(-c3ccc(Cl)cc3)nc21)Nc1ccccc1. The second-order valence-electron chi connectivity index (χ2n) is 9.99. The molecular formula is C32H30Cl2N4O3. The maximum Gasteiger partial charge on any atom is 0.257 e. The van der Waals surface area contributed by atoms with Crippen molar-refractivity contribution in [3.05, 3.63) is 94.6 Å². The van der Waals surface area contributed by atoms with Gasteiger partial charge in [0, 0.05) is 46.2 Å². The van der Waals surface area contributed by atoms with Gasteiger partial charge in [0.2, 0.25) is 5.91 Å². The number of nitrogens with one attached hydrogen (secondary N) is 1. The first kappa shape index (κ1) is 28.7. The van der Waals surface area contributed by atoms with Crippen LogP contribution in [-0.4, -0.2) is 39.5 Å². The topological polar surface area (TPSA) is 95.4 Å². The number of fused-ring (bicyclic) bond motifs is 1. The van der Waals surface area contributed by atoms with Gasteiger partial charge in [-0.25, -0.2) is 9.97 Å². The highest BCUT2D eigenvalue weighted by Crippen LogP contribution is 2.36. The Hall–Kier alpha value is -3.78. The summed E-state index contributed by atoms with van der Waals surface area (Å²) in [6.07, 6.45) is 2.47. The molecule has 1 unspecified atom stereocenters. The molecule has 1 atom stereocenters. The van der Waals surface area contributed by atoms with Crippen LogP contribution in [0.4, 0.5) is 11.5 Å². The molecule has 41 heavy (non-hydrogen) atoms. The summed E-state index contributed by atoms with van der Waals surface area (Å²) in [7, 11) is 0. The highest BCUT2D eigenvalue weighted by Gasteiger charge is 2.34. The van der Waals surface area contributed by atoms with E-state index >= 15 is 0 Å². The van der Waals surface area contributed by atoms with Crippen LogP contribution in [0.15, 0.2) is 78.9 Å². The van der Waals surface area contributed by atoms with Crippen molar-refractivity contribution in [3.63, 3.8) is 0 Å². The van der Waals surface area contributed by atoms with Crippen molar-refractivity contribution in [1.82, 2.24) is 9.97 Å². The van der Waals surface area contributed by atoms with E-state index in [9.17, 15) is 14.7 Å². The molecule has 0 radical (unpaired) electrons. The largest absolute Gasteiger partial charge is 0.383 e. The minimum atomic E-state index is -1.18. The minimum absolute atomic E-state index is 0.0130. The third kappa shape index (κ3) is 7.11. The average Bonchev–Trinajstić information content (AvgIpc) is 2.97. The van der Waals surface area contributed by atoms with Crippen LogP contribution in [0.3, 0.4) is 0 Å². The molecule has 9 heteroatoms. The number of nitrogens with zero attached hydrogens (tertiary/aromatic N) is 3. The molecule has 1 aliphatic rings. The Morgan fingerprint density at radius 1 is 0.829 bits per heavy atom. The minimum Gasteiger partial charge on any atom is -0.383 e. The Labute approximate surface area is 249 Å². The zero-order valence-corrected chi connectivity index (χ0v) is 23.9. The van der Waals surface area contributed by atoms with E-state index in [0.717, 1.165) is 36.1 Å². The molecule has 1 aromatic heterocycles. The van der Waals surface area contributed by atoms with E-state index in [4.69, 9.17) is 33.2 Å². The lowest BCUT2D eigenvalue weighted by Gasteiger charge is -2.31. The predicted molar refractivity (Wildman–Crippen MR) is 163 cm³/mol. The molecule has 2 amide bonds. The van der Waals surface area contributed by atoms with Gasteiger partial charge in [0.15, 0.2) is 5.82 Å². The number of para-hydroxylation sites is 1. The smallest absolute Gasteiger partial charge is 0.257 e. The summed E-state index contributed by atoms with van der Waals surface area (Å²) in [5, 5.41) is 14.7. The number of amides is 2. The fourth-order valence-corrected chi connectivity index (χ4v) is 5.11. The van der Waals surface area contributed by atoms with Gasteiger partial charge in [0.05, 0.1) is 17.1 Å². The predicted octanol–water partition coefficient (Wildman–Crippen LogP) is 6.96. The van der Waals surface area contributed by atoms with E-state index in [1.165, 1.54) is 0 Å². The van der Waals surface area contributed by atoms with Crippen LogP contribution < -0.4 is 10.2 Å². The highest BCUT2D eigenvalue weighted by molar-refractivity contribution is 6.31. The number of halogens is 2. The summed E-state index contributed by atoms with van der Waals surface area (Å²) in [6.45, 7) is 0.397. The molecule has 1 aliphatic heterocycles. The van der Waals surface area contributed by atoms with Crippen molar-refractivity contribution in [2.75, 3.05) is 16.8 Å². The molecule has 3 aromatic carbocycles. The lowest BCUT2D eigenvalue weighted by molar-refractivity contribution is -0.127. The second-order valence-corrected chi connectivity index (χ2v) is 10.9. The first-order chi connectivity index (χ1) is 19.9. The fourth-order valence-electron chi connectivity index (χ4n) is 4.86. The molecule has 0 spiro atoms. The molecule has 2 N–H and O–H groups in total. The van der Waals surface area contributed by atoms with Crippen LogP contribution in [0, 0.1) is 0 Å². The molecule has 5 rings (SSSR count). The molecule has 0 aliphatic carbocycles. The highest BCUT2D eigenvalue weighted by atomic mass is 35.5. The maximum atomic E-state index is 13.1. The van der Waals surface area contributed by atoms with E-state index in [1.807, 2.05) is 54.6 Å². The van der Waals surface area contributed by atoms with Crippen molar-refractivity contribution >= 4 is 46.5 Å². The van der Waals surface area contributed by atoms with Crippen LogP contribution in [0.5, 0.6) is 0 Å². The van der Waals surface area contributed by atoms with E-state index in [-0.39, 0.29) is 18.2 Å². The number of aliphatic hydroxyl groups is 1. The molecule has 0 bridgehead atoms. The van der Waals surface area contributed by atoms with Gasteiger partial charge in [-0.1, -0.05) is 78.5 Å². The number of aromatic nitrogens is 2. The number of aliphatic hydroxyl groups excluding tert-OH is 1. The molecule has 7 nitrogen and oxygen atoms in total. The van der Waals surface area contributed by atoms with Crippen molar-refractivity contribution in [3.8, 4) is 22.5 Å². The molecule has 0 fully saturated rings. The number of carbonyl (C=O) groups is 2. The van der Waals surface area contributed by atoms with Gasteiger partial charge < -0.3 is 10.4 Å². The third-order valence-electron chi connectivity index (χ3n) is 6.97. The summed E-state index contributed by atoms with van der Waals surface area (Å²) in [4.78, 5) is 36.7. The zero-order valence-electron chi connectivity index (χ0n) is 22.4. The number of unbranched alkanes of at least 4 members (excludes halogenated alkanes) is 3. The standard InChI is InChI=1S/C32H30Cl2N4O3/c33-23-15-11-21(12-16-23)29-30(22-13-17-24(34)18-14-22)37-31-26(36-29)20-27(39)32(41)38(31)19-7-2-1-6-10-28(40)35-25-8-4-3-5-9-25/h3-5,8-9,11-18,27,39H,1-2,6-7,10,19-20H2,(H,35,40). The van der Waals surface area contributed by atoms with E-state index < -0.39 is 6.10 Å². The van der Waals surface area contributed by atoms with Crippen LogP contribution in [0.25, 0.3) is 22.5 Å². The van der Waals surface area contributed by atoms with Gasteiger partial charge in [-0.15, -0.1) is 0 Å². The lowest BCUT2D eigenvalue weighted by Crippen LogP contribution is -2.46. The molecular weight excluding hydrogens is 559 g/mol. The Bertz CT molecular complexity index is 1510. The molecule has 0 saturated carbocycles. The lowest BCUT2D eigenvalue weighted by atomic mass is 10.0. The third-order valence-corrected chi connectivity index (χ3v) is 7.47. The number of rotatable bonds is 10. The van der Waals surface area contributed by atoms with Gasteiger partial charge in [-0.05, 0) is 49.2 Å². The van der Waals surface area contributed by atoms with Crippen molar-refractivity contribution in [2.24, 2.45) is 0 Å². The fraction of sp³-hybridized carbons (Fsp3) is 0.250. The Balaban J connectivity index is 1.30. The van der Waals surface area contributed by atoms with Gasteiger partial charge in [0.25, 0.3) is 5.91 Å². The Morgan fingerprint density at radius 2 is 1.41 bits per heavy atom. The average molecular weight is 590 g/mol. The molecule has 210 valence electrons. The van der Waals surface area contributed by atoms with Crippen LogP contribution in [0.1, 0.15) is 37.8 Å². The van der Waals surface area contributed by atoms with Gasteiger partial charge in [-0.3, -0.25) is 14.5 Å². The quantitative estimate of drug-likeness (QED) is 0.195. The van der Waals surface area contributed by atoms with Crippen molar-refractivity contribution in [1.29, 1.82) is 0 Å². The summed E-state index contributed by atoms with van der Waals surface area (Å²) >= 11 is 12.3. The second kappa shape index (κ2) is 13.3. The number of carbonyl (C=O) groups excluding carboxylic acids is 2. The summed E-state index contributed by atoms with van der Waals surface area (Å²) in [6, 6.07) is 24.0. The number of hydrogen-bond acceptors (Lipinski definition) is 5. The van der Waals surface area contributed by atoms with E-state index in [2.05, 4.69) is 5.32 Å². The van der Waals surface area contributed by atoms with Crippen molar-refractivity contribution < 1.29 is 14.7 Å².